The van der Waals surface area contributed by atoms with Crippen LogP contribution in [0.1, 0.15) is 95.1 Å². The average Bonchev–Trinajstić information content (AvgIpc) is 3.04. The molecule has 2 unspecified atom stereocenters. The van der Waals surface area contributed by atoms with Gasteiger partial charge in [-0.25, -0.2) is 13.5 Å². The molecule has 0 aromatic heterocycles. The molecular formula is C36H41F11O4. The lowest BCUT2D eigenvalue weighted by Crippen LogP contribution is -2.41. The predicted molar refractivity (Wildman–Crippen MR) is 162 cm³/mol. The highest BCUT2D eigenvalue weighted by Gasteiger charge is 2.50. The Morgan fingerprint density at radius 2 is 1.22 bits per heavy atom. The van der Waals surface area contributed by atoms with Crippen LogP contribution in [-0.4, -0.2) is 25.2 Å². The number of hydrogen-bond acceptors (Lipinski definition) is 4. The molecule has 4 nitrogen and oxygen atoms in total. The summed E-state index contributed by atoms with van der Waals surface area (Å²) < 4.78 is 170. The molecule has 2 saturated carbocycles. The molecule has 2 atom stereocenters. The maximum Gasteiger partial charge on any atom is 0.527 e. The van der Waals surface area contributed by atoms with E-state index in [2.05, 4.69) is 16.4 Å². The van der Waals surface area contributed by atoms with Crippen LogP contribution in [0.2, 0.25) is 0 Å². The molecule has 0 amide bonds. The largest absolute Gasteiger partial charge is 0.527 e. The highest BCUT2D eigenvalue weighted by Crippen LogP contribution is 2.46. The van der Waals surface area contributed by atoms with E-state index < -0.39 is 64.9 Å². The minimum Gasteiger partial charge on any atom is -0.432 e. The van der Waals surface area contributed by atoms with Crippen molar-refractivity contribution in [1.82, 2.24) is 0 Å². The van der Waals surface area contributed by atoms with Crippen LogP contribution >= 0.6 is 0 Å². The van der Waals surface area contributed by atoms with E-state index in [0.717, 1.165) is 30.9 Å². The van der Waals surface area contributed by atoms with Gasteiger partial charge in [-0.2, -0.15) is 26.3 Å². The van der Waals surface area contributed by atoms with Crippen molar-refractivity contribution in [3.8, 4) is 11.5 Å². The van der Waals surface area contributed by atoms with Gasteiger partial charge in [0.25, 0.3) is 0 Å². The number of hydrogen-bond donors (Lipinski definition) is 0. The van der Waals surface area contributed by atoms with Crippen molar-refractivity contribution in [3.05, 3.63) is 59.2 Å². The van der Waals surface area contributed by atoms with E-state index in [-0.39, 0.29) is 37.0 Å². The van der Waals surface area contributed by atoms with Crippen molar-refractivity contribution < 1.29 is 67.2 Å². The zero-order valence-electron chi connectivity index (χ0n) is 27.9. The van der Waals surface area contributed by atoms with Crippen LogP contribution in [0.5, 0.6) is 11.5 Å². The molecule has 3 aliphatic rings. The first-order valence-corrected chi connectivity index (χ1v) is 17.4. The minimum absolute atomic E-state index is 0.0415. The summed E-state index contributed by atoms with van der Waals surface area (Å²) in [5, 5.41) is 0. The molecule has 1 aliphatic heterocycles. The van der Waals surface area contributed by atoms with E-state index in [1.54, 1.807) is 0 Å². The predicted octanol–water partition coefficient (Wildman–Crippen LogP) is 11.9. The molecule has 0 radical (unpaired) electrons. The van der Waals surface area contributed by atoms with Gasteiger partial charge < -0.3 is 14.2 Å². The number of alkyl halides is 9. The fraction of sp³-hybridized carbons (Fsp3) is 0.667. The third-order valence-electron chi connectivity index (χ3n) is 10.6. The van der Waals surface area contributed by atoms with Crippen LogP contribution < -0.4 is 9.47 Å². The Balaban J connectivity index is 1.11. The molecule has 2 aliphatic carbocycles. The van der Waals surface area contributed by atoms with Gasteiger partial charge in [-0.3, -0.25) is 0 Å². The molecule has 0 spiro atoms. The number of halogens is 11. The highest BCUT2D eigenvalue weighted by atomic mass is 19.4. The van der Waals surface area contributed by atoms with E-state index in [1.807, 2.05) is 0 Å². The van der Waals surface area contributed by atoms with Gasteiger partial charge in [0.1, 0.15) is 28.7 Å². The normalized spacial score (nSPS) is 26.9. The number of ether oxygens (including phenoxy) is 4. The smallest absolute Gasteiger partial charge is 0.432 e. The first-order valence-electron chi connectivity index (χ1n) is 17.4. The highest BCUT2D eigenvalue weighted by molar-refractivity contribution is 5.34. The van der Waals surface area contributed by atoms with Crippen molar-refractivity contribution in [3.63, 3.8) is 0 Å². The van der Waals surface area contributed by atoms with Gasteiger partial charge in [-0.1, -0.05) is 32.6 Å². The lowest BCUT2D eigenvalue weighted by atomic mass is 9.71. The van der Waals surface area contributed by atoms with E-state index >= 15 is 8.78 Å². The molecule has 286 valence electrons. The van der Waals surface area contributed by atoms with Gasteiger partial charge in [-0.05, 0) is 99.3 Å². The molecule has 0 N–H and O–H groups in total. The third kappa shape index (κ3) is 10.00. The monoisotopic (exact) mass is 746 g/mol. The summed E-state index contributed by atoms with van der Waals surface area (Å²) >= 11 is 0. The van der Waals surface area contributed by atoms with Crippen LogP contribution in [-0.2, 0) is 21.7 Å². The Labute approximate surface area is 289 Å². The van der Waals surface area contributed by atoms with Crippen molar-refractivity contribution in [2.24, 2.45) is 29.6 Å². The molecular weight excluding hydrogens is 705 g/mol. The molecule has 2 aromatic rings. The van der Waals surface area contributed by atoms with Gasteiger partial charge in [0.15, 0.2) is 0 Å². The Morgan fingerprint density at radius 1 is 0.647 bits per heavy atom. The summed E-state index contributed by atoms with van der Waals surface area (Å²) in [7, 11) is 0. The first-order chi connectivity index (χ1) is 23.9. The van der Waals surface area contributed by atoms with Crippen LogP contribution in [0.15, 0.2) is 36.4 Å². The third-order valence-corrected chi connectivity index (χ3v) is 10.6. The molecule has 1 heterocycles. The van der Waals surface area contributed by atoms with E-state index in [9.17, 15) is 39.5 Å². The van der Waals surface area contributed by atoms with Gasteiger partial charge >= 0.3 is 24.7 Å². The van der Waals surface area contributed by atoms with Crippen LogP contribution in [0.4, 0.5) is 48.3 Å². The second-order valence-electron chi connectivity index (χ2n) is 14.0. The van der Waals surface area contributed by atoms with Gasteiger partial charge in [0, 0.05) is 12.1 Å². The van der Waals surface area contributed by atoms with Crippen molar-refractivity contribution in [2.45, 2.75) is 115 Å². The molecule has 3 fully saturated rings. The SMILES string of the molecule is CCCC1CCC(C2CCC(C3CCC(C(F)(F)Oc4ccc(C(F)(F)Oc5cc(F)c(C(F)(F)OC(F)(F)F)c(F)c5)cc4)CC3)OC2)CC1. The summed E-state index contributed by atoms with van der Waals surface area (Å²) in [6.45, 7) is 2.94. The molecule has 5 rings (SSSR count). The van der Waals surface area contributed by atoms with Crippen molar-refractivity contribution in [1.29, 1.82) is 0 Å². The van der Waals surface area contributed by atoms with Crippen LogP contribution in [0.25, 0.3) is 0 Å². The second-order valence-corrected chi connectivity index (χ2v) is 14.0. The average molecular weight is 747 g/mol. The maximum atomic E-state index is 15.2. The van der Waals surface area contributed by atoms with Crippen LogP contribution in [0, 0.1) is 41.2 Å². The molecule has 15 heteroatoms. The summed E-state index contributed by atoms with van der Waals surface area (Å²) in [5.41, 5.74) is -3.47. The lowest BCUT2D eigenvalue weighted by Gasteiger charge is -2.42. The fourth-order valence-corrected chi connectivity index (χ4v) is 7.97. The summed E-state index contributed by atoms with van der Waals surface area (Å²) in [5.74, 6) is -5.37. The Morgan fingerprint density at radius 3 is 1.75 bits per heavy atom. The van der Waals surface area contributed by atoms with Gasteiger partial charge in [0.05, 0.1) is 24.2 Å². The summed E-state index contributed by atoms with van der Waals surface area (Å²) in [6.07, 6.45) is -8.40. The van der Waals surface area contributed by atoms with Gasteiger partial charge in [-0.15, -0.1) is 13.2 Å². The van der Waals surface area contributed by atoms with Crippen molar-refractivity contribution >= 4 is 0 Å². The van der Waals surface area contributed by atoms with E-state index in [0.29, 0.717) is 43.4 Å². The molecule has 2 aromatic carbocycles. The topological polar surface area (TPSA) is 36.9 Å². The first kappa shape index (κ1) is 39.4. The number of rotatable bonds is 12. The Bertz CT molecular complexity index is 1400. The fourth-order valence-electron chi connectivity index (χ4n) is 7.97. The minimum atomic E-state index is -5.98. The van der Waals surface area contributed by atoms with Crippen molar-refractivity contribution in [2.75, 3.05) is 6.61 Å². The molecule has 0 bridgehead atoms. The standard InChI is InChI=1S/C36H41F11O4/c1-2-3-21-4-6-22(7-5-21)24-10-17-31(48-20-24)23-8-11-25(12-9-23)33(39,40)49-27-15-13-26(14-16-27)34(41,42)50-28-18-29(37)32(30(38)19-28)35(43,44)51-36(45,46)47/h13-16,18-19,21-25,31H,2-12,17,20H2,1H3. The second kappa shape index (κ2) is 15.7. The van der Waals surface area contributed by atoms with Crippen LogP contribution in [0.3, 0.4) is 0 Å². The molecule has 1 saturated heterocycles. The number of benzene rings is 2. The molecule has 51 heavy (non-hydrogen) atoms. The summed E-state index contributed by atoms with van der Waals surface area (Å²) in [6, 6.07) is 2.58. The lowest BCUT2D eigenvalue weighted by molar-refractivity contribution is -0.432. The maximum absolute atomic E-state index is 15.2. The van der Waals surface area contributed by atoms with E-state index in [1.165, 1.54) is 38.5 Å². The summed E-state index contributed by atoms with van der Waals surface area (Å²) in [4.78, 5) is 0. The quantitative estimate of drug-likeness (QED) is 0.203. The zero-order chi connectivity index (χ0) is 37.2. The Hall–Kier alpha value is -2.81. The zero-order valence-corrected chi connectivity index (χ0v) is 27.9. The van der Waals surface area contributed by atoms with Gasteiger partial charge in [0.2, 0.25) is 0 Å². The Kier molecular flexibility index (Phi) is 12.1. The van der Waals surface area contributed by atoms with E-state index in [4.69, 9.17) is 9.47 Å².